The van der Waals surface area contributed by atoms with Crippen molar-refractivity contribution < 1.29 is 0 Å². The van der Waals surface area contributed by atoms with Gasteiger partial charge in [-0.1, -0.05) is 6.92 Å². The van der Waals surface area contributed by atoms with Crippen LogP contribution in [0.25, 0.3) is 0 Å². The van der Waals surface area contributed by atoms with Crippen LogP contribution < -0.4 is 0 Å². The number of allylic oxidation sites excluding steroid dienone is 2. The van der Waals surface area contributed by atoms with Crippen LogP contribution in [0.15, 0.2) is 12.2 Å². The lowest BCUT2D eigenvalue weighted by molar-refractivity contribution is 0.957. The van der Waals surface area contributed by atoms with Crippen LogP contribution in [-0.2, 0) is 0 Å². The Kier molecular flexibility index (Phi) is 5.30. The van der Waals surface area contributed by atoms with E-state index in [4.69, 9.17) is 0 Å². The Bertz CT molecular complexity index is 44.0. The normalized spacial score (nSPS) is 10.0. The first-order chi connectivity index (χ1) is 3.41. The number of rotatable bonds is 3. The minimum atomic E-state index is 1.21. The molecule has 0 fully saturated rings. The maximum absolute atomic E-state index is 2.18. The van der Waals surface area contributed by atoms with E-state index in [0.29, 0.717) is 0 Å². The fraction of sp³-hybridized carbons (Fsp3) is 0.571. The van der Waals surface area contributed by atoms with E-state index in [1.54, 1.807) is 0 Å². The predicted molar refractivity (Wildman–Crippen MR) is 34.0 cm³/mol. The quantitative estimate of drug-likeness (QED) is 0.475. The zero-order chi connectivity index (χ0) is 5.54. The van der Waals surface area contributed by atoms with Gasteiger partial charge in [0.2, 0.25) is 0 Å². The van der Waals surface area contributed by atoms with Crippen LogP contribution >= 0.6 is 0 Å². The number of hydrogen-bond acceptors (Lipinski definition) is 0. The van der Waals surface area contributed by atoms with Crippen molar-refractivity contribution in [1.29, 1.82) is 0 Å². The van der Waals surface area contributed by atoms with Crippen molar-refractivity contribution in [3.8, 4) is 0 Å². The average Bonchev–Trinajstić information content (AvgIpc) is 1.69. The molecule has 0 atom stereocenters. The lowest BCUT2D eigenvalue weighted by Crippen LogP contribution is -1.59. The van der Waals surface area contributed by atoms with E-state index in [1.165, 1.54) is 12.8 Å². The standard InChI is InChI=1S/C7H13/c1-3-5-7-6-4-2/h3,5,7H,4,6H2,1-2H3/q+1/b7-5+. The molecule has 0 nitrogen and oxygen atoms in total. The third kappa shape index (κ3) is 5.61. The molecular formula is C7H13+. The second-order valence-corrected chi connectivity index (χ2v) is 1.55. The summed E-state index contributed by atoms with van der Waals surface area (Å²) < 4.78 is 0. The van der Waals surface area contributed by atoms with Gasteiger partial charge < -0.3 is 0 Å². The van der Waals surface area contributed by atoms with E-state index in [9.17, 15) is 0 Å². The molecule has 0 saturated carbocycles. The largest absolute Gasteiger partial charge is 0.0890 e. The smallest absolute Gasteiger partial charge is 0.0634 e. The van der Waals surface area contributed by atoms with Crippen LogP contribution in [0, 0.1) is 6.42 Å². The van der Waals surface area contributed by atoms with Crippen LogP contribution in [0.2, 0.25) is 0 Å². The molecule has 0 N–H and O–H groups in total. The van der Waals surface area contributed by atoms with Crippen molar-refractivity contribution in [2.45, 2.75) is 26.7 Å². The highest BCUT2D eigenvalue weighted by atomic mass is 13.7. The van der Waals surface area contributed by atoms with Gasteiger partial charge in [-0.15, -0.1) is 0 Å². The highest BCUT2D eigenvalue weighted by molar-refractivity contribution is 4.90. The van der Waals surface area contributed by atoms with Gasteiger partial charge in [-0.25, -0.2) is 0 Å². The van der Waals surface area contributed by atoms with Crippen molar-refractivity contribution in [3.05, 3.63) is 18.6 Å². The van der Waals surface area contributed by atoms with Gasteiger partial charge in [0.15, 0.2) is 0 Å². The first-order valence-corrected chi connectivity index (χ1v) is 2.86. The van der Waals surface area contributed by atoms with E-state index in [2.05, 4.69) is 25.5 Å². The van der Waals surface area contributed by atoms with Gasteiger partial charge in [0, 0.05) is 25.8 Å². The van der Waals surface area contributed by atoms with E-state index in [-0.39, 0.29) is 0 Å². The molecule has 0 heterocycles. The van der Waals surface area contributed by atoms with Gasteiger partial charge in [0.25, 0.3) is 0 Å². The van der Waals surface area contributed by atoms with Crippen LogP contribution in [0.1, 0.15) is 26.7 Å². The summed E-state index contributed by atoms with van der Waals surface area (Å²) in [5.74, 6) is 0. The maximum atomic E-state index is 2.18. The van der Waals surface area contributed by atoms with Crippen molar-refractivity contribution >= 4 is 0 Å². The number of hydrogen-bond donors (Lipinski definition) is 0. The molecule has 0 aromatic heterocycles. The molecule has 40 valence electrons. The van der Waals surface area contributed by atoms with Gasteiger partial charge in [-0.05, 0) is 6.42 Å². The molecule has 0 aromatic rings. The molecule has 0 heteroatoms. The molecule has 0 aliphatic heterocycles. The molecule has 0 aromatic carbocycles. The molecule has 0 amide bonds. The monoisotopic (exact) mass is 97.1 g/mol. The Morgan fingerprint density at radius 3 is 2.71 bits per heavy atom. The zero-order valence-corrected chi connectivity index (χ0v) is 5.15. The minimum Gasteiger partial charge on any atom is -0.0634 e. The van der Waals surface area contributed by atoms with Gasteiger partial charge in [0.1, 0.15) is 0 Å². The first kappa shape index (κ1) is 6.61. The topological polar surface area (TPSA) is 0 Å². The summed E-state index contributed by atoms with van der Waals surface area (Å²) in [6.07, 6.45) is 8.79. The molecule has 0 bridgehead atoms. The summed E-state index contributed by atoms with van der Waals surface area (Å²) in [6.45, 7) is 4.21. The van der Waals surface area contributed by atoms with Gasteiger partial charge in [-0.2, -0.15) is 0 Å². The van der Waals surface area contributed by atoms with Gasteiger partial charge in [0.05, 0.1) is 6.08 Å². The lowest BCUT2D eigenvalue weighted by Gasteiger charge is -1.71. The molecule has 0 aliphatic carbocycles. The molecule has 0 spiro atoms. The molecule has 0 aliphatic rings. The molecular weight excluding hydrogens is 84.1 g/mol. The minimum absolute atomic E-state index is 1.21. The molecule has 0 rings (SSSR count). The van der Waals surface area contributed by atoms with Crippen LogP contribution in [0.5, 0.6) is 0 Å². The Hall–Kier alpha value is -0.390. The van der Waals surface area contributed by atoms with E-state index in [0.717, 1.165) is 0 Å². The van der Waals surface area contributed by atoms with E-state index < -0.39 is 0 Å². The molecule has 0 unspecified atom stereocenters. The Morgan fingerprint density at radius 1 is 1.57 bits per heavy atom. The molecule has 0 saturated heterocycles. The fourth-order valence-corrected chi connectivity index (χ4v) is 0.399. The Balaban J connectivity index is 2.78. The Labute approximate surface area is 46.2 Å². The maximum Gasteiger partial charge on any atom is 0.0890 e. The SMILES string of the molecule is C[CH+]/C=C/CCC. The van der Waals surface area contributed by atoms with E-state index >= 15 is 0 Å². The fourth-order valence-electron chi connectivity index (χ4n) is 0.399. The molecule has 7 heavy (non-hydrogen) atoms. The van der Waals surface area contributed by atoms with Crippen molar-refractivity contribution in [1.82, 2.24) is 0 Å². The van der Waals surface area contributed by atoms with Crippen LogP contribution in [0.4, 0.5) is 0 Å². The summed E-state index contributed by atoms with van der Waals surface area (Å²) in [6, 6.07) is 0. The first-order valence-electron chi connectivity index (χ1n) is 2.86. The third-order valence-corrected chi connectivity index (χ3v) is 0.784. The summed E-state index contributed by atoms with van der Waals surface area (Å²) in [4.78, 5) is 0. The highest BCUT2D eigenvalue weighted by Crippen LogP contribution is 1.88. The van der Waals surface area contributed by atoms with Crippen LogP contribution in [0.3, 0.4) is 0 Å². The second-order valence-electron chi connectivity index (χ2n) is 1.55. The Morgan fingerprint density at radius 2 is 2.29 bits per heavy atom. The van der Waals surface area contributed by atoms with Crippen molar-refractivity contribution in [3.63, 3.8) is 0 Å². The lowest BCUT2D eigenvalue weighted by atomic mass is 10.3. The zero-order valence-electron chi connectivity index (χ0n) is 5.15. The number of unbranched alkanes of at least 4 members (excludes halogenated alkanes) is 1. The highest BCUT2D eigenvalue weighted by Gasteiger charge is 1.76. The van der Waals surface area contributed by atoms with Crippen molar-refractivity contribution in [2.75, 3.05) is 0 Å². The third-order valence-electron chi connectivity index (χ3n) is 0.784. The van der Waals surface area contributed by atoms with E-state index in [1.807, 2.05) is 6.92 Å². The second kappa shape index (κ2) is 5.61. The average molecular weight is 97.2 g/mol. The summed E-state index contributed by atoms with van der Waals surface area (Å²) in [5.41, 5.74) is 0. The summed E-state index contributed by atoms with van der Waals surface area (Å²) in [7, 11) is 0. The predicted octanol–water partition coefficient (Wildman–Crippen LogP) is 2.57. The summed E-state index contributed by atoms with van der Waals surface area (Å²) in [5, 5.41) is 0. The van der Waals surface area contributed by atoms with Gasteiger partial charge in [-0.3, -0.25) is 0 Å². The van der Waals surface area contributed by atoms with Crippen molar-refractivity contribution in [2.24, 2.45) is 0 Å². The molecule has 0 radical (unpaired) electrons. The summed E-state index contributed by atoms with van der Waals surface area (Å²) >= 11 is 0. The van der Waals surface area contributed by atoms with Gasteiger partial charge >= 0.3 is 0 Å². The van der Waals surface area contributed by atoms with Crippen LogP contribution in [-0.4, -0.2) is 0 Å².